The van der Waals surface area contributed by atoms with Crippen LogP contribution in [-0.4, -0.2) is 55.1 Å². The van der Waals surface area contributed by atoms with Gasteiger partial charge in [0.1, 0.15) is 0 Å². The van der Waals surface area contributed by atoms with Crippen molar-refractivity contribution in [2.24, 2.45) is 5.92 Å². The topological polar surface area (TPSA) is 44.8 Å². The zero-order valence-corrected chi connectivity index (χ0v) is 21.1. The normalized spacial score (nSPS) is 18.6. The Morgan fingerprint density at radius 2 is 1.79 bits per heavy atom. The van der Waals surface area contributed by atoms with E-state index in [9.17, 15) is 4.79 Å². The van der Waals surface area contributed by atoms with Crippen molar-refractivity contribution in [1.29, 1.82) is 0 Å². The Bertz CT molecular complexity index is 906. The standard InChI is InChI=1S/C28H38ClN3O2/c1-22-6-5-9-24(18-22)21-34-27(25-10-12-26(29)13-11-25)20-31-14-16-32(17-15-31)28(33)30-19-23-7-3-2-4-8-23/h5-6,9-13,18,23,27H,2-4,7-8,14-17,19-21H2,1H3,(H,30,33). The minimum absolute atomic E-state index is 0.0514. The molecule has 2 aromatic rings. The number of hydrogen-bond donors (Lipinski definition) is 1. The van der Waals surface area contributed by atoms with Gasteiger partial charge in [-0.25, -0.2) is 4.79 Å². The van der Waals surface area contributed by atoms with Crippen LogP contribution in [0.5, 0.6) is 0 Å². The highest BCUT2D eigenvalue weighted by Gasteiger charge is 2.25. The highest BCUT2D eigenvalue weighted by atomic mass is 35.5. The second-order valence-corrected chi connectivity index (χ2v) is 10.3. The minimum Gasteiger partial charge on any atom is -0.368 e. The Hall–Kier alpha value is -2.08. The fraction of sp³-hybridized carbons (Fsp3) is 0.536. The van der Waals surface area contributed by atoms with Crippen molar-refractivity contribution in [2.45, 2.75) is 51.7 Å². The molecule has 0 bridgehead atoms. The summed E-state index contributed by atoms with van der Waals surface area (Å²) in [5.41, 5.74) is 3.55. The SMILES string of the molecule is Cc1cccc(COC(CN2CCN(C(=O)NCC3CCCCC3)CC2)c2ccc(Cl)cc2)c1. The summed E-state index contributed by atoms with van der Waals surface area (Å²) < 4.78 is 6.41. The average Bonchev–Trinajstić information content (AvgIpc) is 2.87. The van der Waals surface area contributed by atoms with E-state index in [0.29, 0.717) is 12.5 Å². The molecule has 1 aliphatic carbocycles. The smallest absolute Gasteiger partial charge is 0.317 e. The van der Waals surface area contributed by atoms with E-state index in [1.807, 2.05) is 17.0 Å². The van der Waals surface area contributed by atoms with Crippen LogP contribution in [0.25, 0.3) is 0 Å². The molecule has 1 saturated heterocycles. The Kier molecular flexibility index (Phi) is 9.25. The lowest BCUT2D eigenvalue weighted by Gasteiger charge is -2.36. The highest BCUT2D eigenvalue weighted by Crippen LogP contribution is 2.24. The van der Waals surface area contributed by atoms with Crippen molar-refractivity contribution in [1.82, 2.24) is 15.1 Å². The number of nitrogens with zero attached hydrogens (tertiary/aromatic N) is 2. The van der Waals surface area contributed by atoms with Crippen LogP contribution >= 0.6 is 11.6 Å². The fourth-order valence-corrected chi connectivity index (χ4v) is 5.16. The minimum atomic E-state index is -0.0514. The summed E-state index contributed by atoms with van der Waals surface area (Å²) in [6, 6.07) is 16.5. The molecule has 6 heteroatoms. The Balaban J connectivity index is 1.29. The number of aryl methyl sites for hydroxylation is 1. The van der Waals surface area contributed by atoms with E-state index >= 15 is 0 Å². The summed E-state index contributed by atoms with van der Waals surface area (Å²) >= 11 is 6.12. The Morgan fingerprint density at radius 1 is 1.06 bits per heavy atom. The van der Waals surface area contributed by atoms with Crippen LogP contribution in [0.2, 0.25) is 5.02 Å². The van der Waals surface area contributed by atoms with Gasteiger partial charge in [-0.05, 0) is 48.9 Å². The zero-order chi connectivity index (χ0) is 23.8. The van der Waals surface area contributed by atoms with E-state index in [-0.39, 0.29) is 12.1 Å². The first-order chi connectivity index (χ1) is 16.6. The van der Waals surface area contributed by atoms with Crippen molar-refractivity contribution in [2.75, 3.05) is 39.3 Å². The van der Waals surface area contributed by atoms with Crippen molar-refractivity contribution in [3.63, 3.8) is 0 Å². The number of ether oxygens (including phenoxy) is 1. The third-order valence-electron chi connectivity index (χ3n) is 7.13. The number of carbonyl (C=O) groups is 1. The number of amides is 2. The van der Waals surface area contributed by atoms with Crippen LogP contribution in [-0.2, 0) is 11.3 Å². The molecule has 2 fully saturated rings. The van der Waals surface area contributed by atoms with Crippen LogP contribution in [0.3, 0.4) is 0 Å². The van der Waals surface area contributed by atoms with Gasteiger partial charge in [-0.3, -0.25) is 4.90 Å². The fourth-order valence-electron chi connectivity index (χ4n) is 5.03. The third kappa shape index (κ3) is 7.46. The summed E-state index contributed by atoms with van der Waals surface area (Å²) in [6.07, 6.45) is 6.41. The maximum Gasteiger partial charge on any atom is 0.317 e. The van der Waals surface area contributed by atoms with E-state index in [2.05, 4.69) is 53.5 Å². The molecule has 1 aliphatic heterocycles. The molecule has 1 N–H and O–H groups in total. The molecule has 1 atom stereocenters. The molecule has 1 unspecified atom stereocenters. The predicted octanol–water partition coefficient (Wildman–Crippen LogP) is 5.81. The Morgan fingerprint density at radius 3 is 2.50 bits per heavy atom. The second kappa shape index (κ2) is 12.6. The van der Waals surface area contributed by atoms with Gasteiger partial charge in [0, 0.05) is 44.3 Å². The highest BCUT2D eigenvalue weighted by molar-refractivity contribution is 6.30. The first kappa shape index (κ1) is 25.0. The van der Waals surface area contributed by atoms with E-state index in [0.717, 1.165) is 49.9 Å². The number of halogens is 1. The zero-order valence-electron chi connectivity index (χ0n) is 20.3. The van der Waals surface area contributed by atoms with Gasteiger partial charge in [-0.15, -0.1) is 0 Å². The third-order valence-corrected chi connectivity index (χ3v) is 7.38. The molecule has 1 saturated carbocycles. The summed E-state index contributed by atoms with van der Waals surface area (Å²) in [6.45, 7) is 7.51. The molecule has 0 spiro atoms. The number of piperazine rings is 1. The molecule has 34 heavy (non-hydrogen) atoms. The number of urea groups is 1. The molecule has 1 heterocycles. The molecule has 2 aliphatic rings. The predicted molar refractivity (Wildman–Crippen MR) is 138 cm³/mol. The number of nitrogens with one attached hydrogen (secondary N) is 1. The van der Waals surface area contributed by atoms with Gasteiger partial charge in [0.25, 0.3) is 0 Å². The first-order valence-electron chi connectivity index (χ1n) is 12.7. The monoisotopic (exact) mass is 483 g/mol. The summed E-state index contributed by atoms with van der Waals surface area (Å²) in [4.78, 5) is 17.0. The van der Waals surface area contributed by atoms with Gasteiger partial charge in [-0.1, -0.05) is 72.8 Å². The largest absolute Gasteiger partial charge is 0.368 e. The number of carbonyl (C=O) groups excluding carboxylic acids is 1. The molecule has 0 aromatic heterocycles. The van der Waals surface area contributed by atoms with E-state index < -0.39 is 0 Å². The molecule has 5 nitrogen and oxygen atoms in total. The van der Waals surface area contributed by atoms with Gasteiger partial charge in [-0.2, -0.15) is 0 Å². The molecule has 4 rings (SSSR count). The van der Waals surface area contributed by atoms with Gasteiger partial charge in [0.2, 0.25) is 0 Å². The van der Waals surface area contributed by atoms with Crippen molar-refractivity contribution >= 4 is 17.6 Å². The second-order valence-electron chi connectivity index (χ2n) is 9.82. The lowest BCUT2D eigenvalue weighted by Crippen LogP contribution is -2.53. The summed E-state index contributed by atoms with van der Waals surface area (Å²) in [5, 5.41) is 3.91. The van der Waals surface area contributed by atoms with Crippen LogP contribution in [0, 0.1) is 12.8 Å². The molecule has 0 radical (unpaired) electrons. The number of rotatable bonds is 8. The first-order valence-corrected chi connectivity index (χ1v) is 13.1. The van der Waals surface area contributed by atoms with E-state index in [1.54, 1.807) is 0 Å². The molecular weight excluding hydrogens is 446 g/mol. The van der Waals surface area contributed by atoms with Crippen molar-refractivity contribution in [3.8, 4) is 0 Å². The van der Waals surface area contributed by atoms with E-state index in [1.165, 1.54) is 43.2 Å². The maximum atomic E-state index is 12.7. The maximum absolute atomic E-state index is 12.7. The summed E-state index contributed by atoms with van der Waals surface area (Å²) in [5.74, 6) is 0.657. The molecule has 2 aromatic carbocycles. The summed E-state index contributed by atoms with van der Waals surface area (Å²) in [7, 11) is 0. The van der Waals surface area contributed by atoms with Crippen molar-refractivity contribution in [3.05, 3.63) is 70.2 Å². The van der Waals surface area contributed by atoms with Crippen LogP contribution in [0.1, 0.15) is 54.9 Å². The van der Waals surface area contributed by atoms with Gasteiger partial charge in [0.05, 0.1) is 12.7 Å². The lowest BCUT2D eigenvalue weighted by atomic mass is 9.89. The van der Waals surface area contributed by atoms with Crippen LogP contribution < -0.4 is 5.32 Å². The number of hydrogen-bond acceptors (Lipinski definition) is 3. The average molecular weight is 484 g/mol. The van der Waals surface area contributed by atoms with E-state index in [4.69, 9.17) is 16.3 Å². The van der Waals surface area contributed by atoms with Gasteiger partial charge >= 0.3 is 6.03 Å². The van der Waals surface area contributed by atoms with Gasteiger partial charge in [0.15, 0.2) is 0 Å². The van der Waals surface area contributed by atoms with Crippen LogP contribution in [0.4, 0.5) is 4.79 Å². The van der Waals surface area contributed by atoms with Crippen LogP contribution in [0.15, 0.2) is 48.5 Å². The molecule has 2 amide bonds. The molecule has 184 valence electrons. The molecular formula is C28H38ClN3O2. The van der Waals surface area contributed by atoms with Crippen molar-refractivity contribution < 1.29 is 9.53 Å². The lowest BCUT2D eigenvalue weighted by molar-refractivity contribution is 0.00552. The number of benzene rings is 2. The Labute approximate surface area is 209 Å². The quantitative estimate of drug-likeness (QED) is 0.515. The van der Waals surface area contributed by atoms with Gasteiger partial charge < -0.3 is 15.0 Å².